The molecule has 3 rings (SSSR count). The van der Waals surface area contributed by atoms with Gasteiger partial charge in [-0.25, -0.2) is 8.42 Å². The molecule has 21 heavy (non-hydrogen) atoms. The van der Waals surface area contributed by atoms with Gasteiger partial charge in [0.05, 0.1) is 11.9 Å². The SMILES string of the molecule is COC[C@]1(CN)[C@H](c2ccc3c(c2)OCO3)[C@H]1S(C)(=O)=O. The summed E-state index contributed by atoms with van der Waals surface area (Å²) in [6.45, 7) is 0.775. The van der Waals surface area contributed by atoms with Crippen LogP contribution in [-0.2, 0) is 14.6 Å². The Morgan fingerprint density at radius 2 is 2.10 bits per heavy atom. The van der Waals surface area contributed by atoms with Crippen molar-refractivity contribution in [3.63, 3.8) is 0 Å². The van der Waals surface area contributed by atoms with Crippen LogP contribution >= 0.6 is 0 Å². The molecule has 6 nitrogen and oxygen atoms in total. The molecule has 1 aromatic carbocycles. The van der Waals surface area contributed by atoms with E-state index in [2.05, 4.69) is 0 Å². The van der Waals surface area contributed by atoms with Crippen LogP contribution in [0, 0.1) is 5.41 Å². The minimum atomic E-state index is -3.21. The van der Waals surface area contributed by atoms with E-state index in [4.69, 9.17) is 19.9 Å². The van der Waals surface area contributed by atoms with E-state index in [1.807, 2.05) is 18.2 Å². The maximum Gasteiger partial charge on any atom is 0.231 e. The molecule has 0 spiro atoms. The summed E-state index contributed by atoms with van der Waals surface area (Å²) >= 11 is 0. The zero-order chi connectivity index (χ0) is 15.3. The van der Waals surface area contributed by atoms with E-state index in [-0.39, 0.29) is 19.3 Å². The fourth-order valence-electron chi connectivity index (χ4n) is 3.48. The first kappa shape index (κ1) is 14.6. The van der Waals surface area contributed by atoms with E-state index in [0.717, 1.165) is 5.56 Å². The first-order valence-electron chi connectivity index (χ1n) is 6.71. The normalized spacial score (nSPS) is 30.4. The van der Waals surface area contributed by atoms with Crippen molar-refractivity contribution >= 4 is 9.84 Å². The maximum atomic E-state index is 12.1. The molecule has 1 saturated carbocycles. The molecular formula is C14H19NO5S. The molecule has 1 aromatic rings. The van der Waals surface area contributed by atoms with Crippen molar-refractivity contribution in [3.05, 3.63) is 23.8 Å². The Labute approximate surface area is 124 Å². The number of ether oxygens (including phenoxy) is 3. The lowest BCUT2D eigenvalue weighted by Crippen LogP contribution is -2.28. The Kier molecular flexibility index (Phi) is 3.38. The van der Waals surface area contributed by atoms with Crippen molar-refractivity contribution in [2.45, 2.75) is 11.2 Å². The fourth-order valence-corrected chi connectivity index (χ4v) is 5.49. The summed E-state index contributed by atoms with van der Waals surface area (Å²) in [6, 6.07) is 5.53. The number of fused-ring (bicyclic) bond motifs is 1. The van der Waals surface area contributed by atoms with Crippen molar-refractivity contribution in [1.82, 2.24) is 0 Å². The summed E-state index contributed by atoms with van der Waals surface area (Å²) < 4.78 is 40.1. The van der Waals surface area contributed by atoms with Crippen LogP contribution in [0.2, 0.25) is 0 Å². The first-order valence-corrected chi connectivity index (χ1v) is 8.67. The van der Waals surface area contributed by atoms with Crippen LogP contribution in [0.15, 0.2) is 18.2 Å². The molecule has 3 atom stereocenters. The molecule has 0 aromatic heterocycles. The number of benzene rings is 1. The highest BCUT2D eigenvalue weighted by molar-refractivity contribution is 7.91. The van der Waals surface area contributed by atoms with Crippen molar-refractivity contribution < 1.29 is 22.6 Å². The lowest BCUT2D eigenvalue weighted by atomic mass is 9.99. The summed E-state index contributed by atoms with van der Waals surface area (Å²) in [7, 11) is -1.65. The van der Waals surface area contributed by atoms with Gasteiger partial charge in [-0.3, -0.25) is 0 Å². The Bertz CT molecular complexity index is 659. The van der Waals surface area contributed by atoms with Gasteiger partial charge in [0.25, 0.3) is 0 Å². The van der Waals surface area contributed by atoms with Crippen LogP contribution in [-0.4, -0.2) is 47.0 Å². The van der Waals surface area contributed by atoms with Crippen LogP contribution in [0.4, 0.5) is 0 Å². The van der Waals surface area contributed by atoms with Gasteiger partial charge >= 0.3 is 0 Å². The van der Waals surface area contributed by atoms with Gasteiger partial charge in [0.1, 0.15) is 0 Å². The molecule has 0 unspecified atom stereocenters. The Balaban J connectivity index is 2.00. The Morgan fingerprint density at radius 3 is 2.71 bits per heavy atom. The number of hydrogen-bond acceptors (Lipinski definition) is 6. The molecule has 1 aliphatic carbocycles. The lowest BCUT2D eigenvalue weighted by Gasteiger charge is -2.14. The van der Waals surface area contributed by atoms with Gasteiger partial charge in [-0.05, 0) is 17.7 Å². The second-order valence-corrected chi connectivity index (χ2v) is 7.88. The van der Waals surface area contributed by atoms with Gasteiger partial charge in [-0.2, -0.15) is 0 Å². The first-order chi connectivity index (χ1) is 9.94. The van der Waals surface area contributed by atoms with Crippen molar-refractivity contribution in [2.75, 3.05) is 33.3 Å². The highest BCUT2D eigenvalue weighted by Gasteiger charge is 2.69. The van der Waals surface area contributed by atoms with Gasteiger partial charge in [-0.15, -0.1) is 0 Å². The molecule has 1 heterocycles. The highest BCUT2D eigenvalue weighted by Crippen LogP contribution is 2.62. The predicted molar refractivity (Wildman–Crippen MR) is 77.3 cm³/mol. The van der Waals surface area contributed by atoms with Crippen LogP contribution in [0.25, 0.3) is 0 Å². The minimum Gasteiger partial charge on any atom is -0.454 e. The van der Waals surface area contributed by atoms with E-state index < -0.39 is 20.5 Å². The molecule has 0 amide bonds. The number of rotatable bonds is 5. The average molecular weight is 313 g/mol. The molecule has 0 saturated heterocycles. The third-order valence-electron chi connectivity index (χ3n) is 4.39. The smallest absolute Gasteiger partial charge is 0.231 e. The van der Waals surface area contributed by atoms with Gasteiger partial charge in [0.2, 0.25) is 6.79 Å². The van der Waals surface area contributed by atoms with Crippen molar-refractivity contribution in [2.24, 2.45) is 11.1 Å². The molecule has 2 aliphatic rings. The van der Waals surface area contributed by atoms with E-state index in [9.17, 15) is 8.42 Å². The second kappa shape index (κ2) is 4.86. The zero-order valence-electron chi connectivity index (χ0n) is 12.0. The van der Waals surface area contributed by atoms with E-state index >= 15 is 0 Å². The summed E-state index contributed by atoms with van der Waals surface area (Å²) in [5.41, 5.74) is 6.22. The predicted octanol–water partition coefficient (Wildman–Crippen LogP) is 0.517. The summed E-state index contributed by atoms with van der Waals surface area (Å²) in [5.74, 6) is 1.15. The van der Waals surface area contributed by atoms with Crippen LogP contribution in [0.3, 0.4) is 0 Å². The molecule has 116 valence electrons. The molecule has 2 N–H and O–H groups in total. The standard InChI is InChI=1S/C14H19NO5S/c1-18-7-14(6-15)12(13(14)21(2,16)17)9-3-4-10-11(5-9)20-8-19-10/h3-5,12-13H,6-8,15H2,1-2H3/t12-,13-,14-/m1/s1. The largest absolute Gasteiger partial charge is 0.454 e. The topological polar surface area (TPSA) is 87.8 Å². The van der Waals surface area contributed by atoms with E-state index in [0.29, 0.717) is 18.1 Å². The van der Waals surface area contributed by atoms with Gasteiger partial charge in [-0.1, -0.05) is 6.07 Å². The average Bonchev–Trinajstić information content (AvgIpc) is 2.88. The Morgan fingerprint density at radius 1 is 1.38 bits per heavy atom. The lowest BCUT2D eigenvalue weighted by molar-refractivity contribution is 0.142. The third kappa shape index (κ3) is 2.20. The summed E-state index contributed by atoms with van der Waals surface area (Å²) in [4.78, 5) is 0. The van der Waals surface area contributed by atoms with Crippen molar-refractivity contribution in [3.8, 4) is 11.5 Å². The number of methoxy groups -OCH3 is 1. The van der Waals surface area contributed by atoms with Gasteiger partial charge in [0, 0.05) is 31.2 Å². The molecule has 7 heteroatoms. The van der Waals surface area contributed by atoms with Gasteiger partial charge < -0.3 is 19.9 Å². The minimum absolute atomic E-state index is 0.174. The zero-order valence-corrected chi connectivity index (χ0v) is 12.9. The highest BCUT2D eigenvalue weighted by atomic mass is 32.2. The molecule has 0 bridgehead atoms. The monoisotopic (exact) mass is 313 g/mol. The second-order valence-electron chi connectivity index (χ2n) is 5.71. The number of hydrogen-bond donors (Lipinski definition) is 1. The molecule has 1 aliphatic heterocycles. The van der Waals surface area contributed by atoms with E-state index in [1.165, 1.54) is 6.26 Å². The molecule has 0 radical (unpaired) electrons. The quantitative estimate of drug-likeness (QED) is 0.852. The van der Waals surface area contributed by atoms with Crippen molar-refractivity contribution in [1.29, 1.82) is 0 Å². The van der Waals surface area contributed by atoms with Crippen LogP contribution in [0.1, 0.15) is 11.5 Å². The maximum absolute atomic E-state index is 12.1. The van der Waals surface area contributed by atoms with Crippen LogP contribution in [0.5, 0.6) is 11.5 Å². The summed E-state index contributed by atoms with van der Waals surface area (Å²) in [5, 5.41) is -0.518. The third-order valence-corrected chi connectivity index (χ3v) is 6.05. The molecule has 1 fully saturated rings. The Hall–Kier alpha value is -1.31. The van der Waals surface area contributed by atoms with Crippen LogP contribution < -0.4 is 15.2 Å². The number of nitrogens with two attached hydrogens (primary N) is 1. The summed E-state index contributed by atoms with van der Waals surface area (Å²) in [6.07, 6.45) is 1.25. The van der Waals surface area contributed by atoms with E-state index in [1.54, 1.807) is 7.11 Å². The fraction of sp³-hybridized carbons (Fsp3) is 0.571. The number of sulfone groups is 1. The molecular weight excluding hydrogens is 294 g/mol. The van der Waals surface area contributed by atoms with Gasteiger partial charge in [0.15, 0.2) is 21.3 Å².